The SMILES string of the molecule is CC(C)C(CCCl)NC(=O)O. The zero-order valence-corrected chi connectivity index (χ0v) is 7.56. The van der Waals surface area contributed by atoms with Crippen molar-refractivity contribution in [3.63, 3.8) is 0 Å². The Bertz CT molecular complexity index is 128. The van der Waals surface area contributed by atoms with Crippen molar-refractivity contribution >= 4 is 17.7 Å². The van der Waals surface area contributed by atoms with Gasteiger partial charge in [-0.05, 0) is 12.3 Å². The van der Waals surface area contributed by atoms with Crippen LogP contribution >= 0.6 is 11.6 Å². The Labute approximate surface area is 71.7 Å². The molecule has 0 aliphatic carbocycles. The van der Waals surface area contributed by atoms with E-state index in [1.165, 1.54) is 0 Å². The molecule has 0 radical (unpaired) electrons. The summed E-state index contributed by atoms with van der Waals surface area (Å²) in [5, 5.41) is 10.8. The van der Waals surface area contributed by atoms with E-state index in [1.54, 1.807) is 0 Å². The second-order valence-electron chi connectivity index (χ2n) is 2.78. The minimum atomic E-state index is -0.978. The van der Waals surface area contributed by atoms with Crippen LogP contribution in [0, 0.1) is 5.92 Å². The molecule has 0 aromatic heterocycles. The number of nitrogens with one attached hydrogen (secondary N) is 1. The predicted molar refractivity (Wildman–Crippen MR) is 45.1 cm³/mol. The minimum Gasteiger partial charge on any atom is -0.465 e. The number of carbonyl (C=O) groups is 1. The van der Waals surface area contributed by atoms with Crippen molar-refractivity contribution < 1.29 is 9.90 Å². The summed E-state index contributed by atoms with van der Waals surface area (Å²) in [6.45, 7) is 3.93. The topological polar surface area (TPSA) is 49.3 Å². The number of hydrogen-bond acceptors (Lipinski definition) is 1. The Morgan fingerprint density at radius 3 is 2.45 bits per heavy atom. The van der Waals surface area contributed by atoms with Gasteiger partial charge in [-0.2, -0.15) is 0 Å². The Kier molecular flexibility index (Phi) is 5.03. The highest BCUT2D eigenvalue weighted by atomic mass is 35.5. The van der Waals surface area contributed by atoms with Crippen LogP contribution in [-0.4, -0.2) is 23.1 Å². The van der Waals surface area contributed by atoms with Crippen molar-refractivity contribution in [1.29, 1.82) is 0 Å². The van der Waals surface area contributed by atoms with Gasteiger partial charge < -0.3 is 10.4 Å². The standard InChI is InChI=1S/C7H14ClNO2/c1-5(2)6(3-4-8)9-7(10)11/h5-6,9H,3-4H2,1-2H3,(H,10,11). The molecule has 0 saturated heterocycles. The van der Waals surface area contributed by atoms with Crippen LogP contribution in [0.5, 0.6) is 0 Å². The molecule has 66 valence electrons. The lowest BCUT2D eigenvalue weighted by molar-refractivity contribution is 0.185. The van der Waals surface area contributed by atoms with E-state index < -0.39 is 6.09 Å². The van der Waals surface area contributed by atoms with Crippen LogP contribution in [0.4, 0.5) is 4.79 Å². The Balaban J connectivity index is 3.79. The van der Waals surface area contributed by atoms with Crippen LogP contribution in [-0.2, 0) is 0 Å². The molecule has 0 fully saturated rings. The van der Waals surface area contributed by atoms with E-state index in [4.69, 9.17) is 16.7 Å². The number of hydrogen-bond donors (Lipinski definition) is 2. The number of carboxylic acid groups (broad SMARTS) is 1. The van der Waals surface area contributed by atoms with Crippen LogP contribution in [0.3, 0.4) is 0 Å². The van der Waals surface area contributed by atoms with E-state index in [-0.39, 0.29) is 6.04 Å². The first-order valence-electron chi connectivity index (χ1n) is 3.63. The van der Waals surface area contributed by atoms with Crippen LogP contribution in [0.25, 0.3) is 0 Å². The van der Waals surface area contributed by atoms with Gasteiger partial charge in [0.05, 0.1) is 0 Å². The summed E-state index contributed by atoms with van der Waals surface area (Å²) in [7, 11) is 0. The van der Waals surface area contributed by atoms with E-state index in [1.807, 2.05) is 13.8 Å². The number of rotatable bonds is 4. The van der Waals surface area contributed by atoms with Gasteiger partial charge in [-0.25, -0.2) is 4.79 Å². The Morgan fingerprint density at radius 2 is 2.18 bits per heavy atom. The smallest absolute Gasteiger partial charge is 0.404 e. The molecular formula is C7H14ClNO2. The molecule has 0 bridgehead atoms. The average Bonchev–Trinajstić information content (AvgIpc) is 1.86. The van der Waals surface area contributed by atoms with E-state index >= 15 is 0 Å². The fourth-order valence-corrected chi connectivity index (χ4v) is 1.08. The fraction of sp³-hybridized carbons (Fsp3) is 0.857. The molecular weight excluding hydrogens is 166 g/mol. The fourth-order valence-electron chi connectivity index (χ4n) is 0.848. The van der Waals surface area contributed by atoms with Gasteiger partial charge in [0.15, 0.2) is 0 Å². The molecule has 3 nitrogen and oxygen atoms in total. The highest BCUT2D eigenvalue weighted by molar-refractivity contribution is 6.17. The van der Waals surface area contributed by atoms with Crippen molar-refractivity contribution in [2.24, 2.45) is 5.92 Å². The normalized spacial score (nSPS) is 13.1. The lowest BCUT2D eigenvalue weighted by Crippen LogP contribution is -2.37. The summed E-state index contributed by atoms with van der Waals surface area (Å²) >= 11 is 5.49. The van der Waals surface area contributed by atoms with Gasteiger partial charge in [0, 0.05) is 11.9 Å². The lowest BCUT2D eigenvalue weighted by Gasteiger charge is -2.18. The van der Waals surface area contributed by atoms with Crippen LogP contribution < -0.4 is 5.32 Å². The molecule has 0 aliphatic heterocycles. The molecule has 2 N–H and O–H groups in total. The van der Waals surface area contributed by atoms with Crippen LogP contribution in [0.2, 0.25) is 0 Å². The summed E-state index contributed by atoms with van der Waals surface area (Å²) < 4.78 is 0. The summed E-state index contributed by atoms with van der Waals surface area (Å²) in [6, 6.07) is -0.0231. The van der Waals surface area contributed by atoms with Gasteiger partial charge in [-0.1, -0.05) is 13.8 Å². The van der Waals surface area contributed by atoms with E-state index in [9.17, 15) is 4.79 Å². The van der Waals surface area contributed by atoms with Crippen LogP contribution in [0.1, 0.15) is 20.3 Å². The lowest BCUT2D eigenvalue weighted by atomic mass is 10.0. The molecule has 4 heteroatoms. The molecule has 0 aliphatic rings. The van der Waals surface area contributed by atoms with Crippen molar-refractivity contribution in [2.75, 3.05) is 5.88 Å². The average molecular weight is 180 g/mol. The van der Waals surface area contributed by atoms with E-state index in [0.29, 0.717) is 18.2 Å². The quantitative estimate of drug-likeness (QED) is 0.648. The first-order valence-corrected chi connectivity index (χ1v) is 4.16. The monoisotopic (exact) mass is 179 g/mol. The van der Waals surface area contributed by atoms with Gasteiger partial charge in [0.25, 0.3) is 0 Å². The maximum Gasteiger partial charge on any atom is 0.404 e. The predicted octanol–water partition coefficient (Wildman–Crippen LogP) is 1.91. The van der Waals surface area contributed by atoms with E-state index in [2.05, 4.69) is 5.32 Å². The highest BCUT2D eigenvalue weighted by Gasteiger charge is 2.13. The maximum atomic E-state index is 10.2. The zero-order valence-electron chi connectivity index (χ0n) is 6.80. The molecule has 0 rings (SSSR count). The van der Waals surface area contributed by atoms with Crippen LogP contribution in [0.15, 0.2) is 0 Å². The molecule has 0 aromatic rings. The third-order valence-corrected chi connectivity index (χ3v) is 1.75. The van der Waals surface area contributed by atoms with Gasteiger partial charge in [-0.3, -0.25) is 0 Å². The second kappa shape index (κ2) is 5.24. The summed E-state index contributed by atoms with van der Waals surface area (Å²) in [5.74, 6) is 0.785. The summed E-state index contributed by atoms with van der Waals surface area (Å²) in [4.78, 5) is 10.2. The minimum absolute atomic E-state index is 0.0231. The Morgan fingerprint density at radius 1 is 1.64 bits per heavy atom. The number of amides is 1. The van der Waals surface area contributed by atoms with Gasteiger partial charge >= 0.3 is 6.09 Å². The van der Waals surface area contributed by atoms with E-state index in [0.717, 1.165) is 0 Å². The van der Waals surface area contributed by atoms with Crippen molar-refractivity contribution in [2.45, 2.75) is 26.3 Å². The summed E-state index contributed by atoms with van der Waals surface area (Å²) in [5.41, 5.74) is 0. The molecule has 0 aromatic carbocycles. The molecule has 11 heavy (non-hydrogen) atoms. The van der Waals surface area contributed by atoms with Gasteiger partial charge in [0.2, 0.25) is 0 Å². The zero-order chi connectivity index (χ0) is 8.85. The number of alkyl halides is 1. The maximum absolute atomic E-state index is 10.2. The van der Waals surface area contributed by atoms with Crippen molar-refractivity contribution in [3.05, 3.63) is 0 Å². The molecule has 0 saturated carbocycles. The first kappa shape index (κ1) is 10.6. The molecule has 0 heterocycles. The van der Waals surface area contributed by atoms with Crippen molar-refractivity contribution in [3.8, 4) is 0 Å². The number of halogens is 1. The second-order valence-corrected chi connectivity index (χ2v) is 3.16. The third-order valence-electron chi connectivity index (χ3n) is 1.53. The third kappa shape index (κ3) is 4.90. The molecule has 1 atom stereocenters. The molecule has 1 unspecified atom stereocenters. The molecule has 0 spiro atoms. The Hall–Kier alpha value is -0.440. The molecule has 1 amide bonds. The largest absolute Gasteiger partial charge is 0.465 e. The van der Waals surface area contributed by atoms with Gasteiger partial charge in [-0.15, -0.1) is 11.6 Å². The van der Waals surface area contributed by atoms with Crippen molar-refractivity contribution in [1.82, 2.24) is 5.32 Å². The van der Waals surface area contributed by atoms with Gasteiger partial charge in [0.1, 0.15) is 0 Å². The highest BCUT2D eigenvalue weighted by Crippen LogP contribution is 2.06. The summed E-state index contributed by atoms with van der Waals surface area (Å²) in [6.07, 6.45) is -0.292. The first-order chi connectivity index (χ1) is 5.07.